The first-order valence-corrected chi connectivity index (χ1v) is 12.2. The number of hydrogen-bond acceptors (Lipinski definition) is 6. The summed E-state index contributed by atoms with van der Waals surface area (Å²) >= 11 is 0. The van der Waals surface area contributed by atoms with Crippen LogP contribution in [-0.2, 0) is 11.3 Å². The standard InChI is InChI=1S/C27H31N3O5/c1-3-4-5-14-35-20-10-7-18(8-11-20)25(31)21-12-9-19(24(21)27(33)34)16-30-26(32)22-15-17(2)6-13-23(22)28-29-30/h6-8,10-11,13,15,19,21,24H,3-5,9,12,14,16H2,1-2H3,(H,33,34). The Balaban J connectivity index is 1.49. The van der Waals surface area contributed by atoms with Crippen molar-refractivity contribution in [3.8, 4) is 5.75 Å². The van der Waals surface area contributed by atoms with Gasteiger partial charge in [-0.3, -0.25) is 14.4 Å². The molecule has 3 unspecified atom stereocenters. The second-order valence-corrected chi connectivity index (χ2v) is 9.35. The zero-order valence-electron chi connectivity index (χ0n) is 20.1. The number of benzene rings is 2. The van der Waals surface area contributed by atoms with Crippen LogP contribution in [0, 0.1) is 24.7 Å². The lowest BCUT2D eigenvalue weighted by molar-refractivity contribution is -0.144. The number of aliphatic carboxylic acids is 1. The van der Waals surface area contributed by atoms with Crippen LogP contribution in [0.3, 0.4) is 0 Å². The molecule has 1 saturated carbocycles. The molecular weight excluding hydrogens is 446 g/mol. The maximum Gasteiger partial charge on any atom is 0.307 e. The van der Waals surface area contributed by atoms with Crippen molar-refractivity contribution < 1.29 is 19.4 Å². The fraction of sp³-hybridized carbons (Fsp3) is 0.444. The predicted molar refractivity (Wildman–Crippen MR) is 132 cm³/mol. The molecule has 0 amide bonds. The normalized spacial score (nSPS) is 19.7. The Hall–Kier alpha value is -3.55. The summed E-state index contributed by atoms with van der Waals surface area (Å²) in [6.45, 7) is 4.76. The number of rotatable bonds is 10. The molecule has 1 fully saturated rings. The molecule has 8 nitrogen and oxygen atoms in total. The van der Waals surface area contributed by atoms with E-state index in [1.165, 1.54) is 4.68 Å². The fourth-order valence-corrected chi connectivity index (χ4v) is 4.96. The number of carboxylic acids is 1. The first-order chi connectivity index (χ1) is 16.9. The molecule has 0 bridgehead atoms. The first kappa shape index (κ1) is 24.6. The van der Waals surface area contributed by atoms with Gasteiger partial charge in [0.1, 0.15) is 11.3 Å². The van der Waals surface area contributed by atoms with E-state index in [9.17, 15) is 19.5 Å². The van der Waals surface area contributed by atoms with Crippen LogP contribution >= 0.6 is 0 Å². The highest BCUT2D eigenvalue weighted by Crippen LogP contribution is 2.40. The molecular formula is C27H31N3O5. The molecule has 1 N–H and O–H groups in total. The number of hydrogen-bond donors (Lipinski definition) is 1. The van der Waals surface area contributed by atoms with Crippen LogP contribution < -0.4 is 10.3 Å². The Labute approximate surface area is 203 Å². The fourth-order valence-electron chi connectivity index (χ4n) is 4.96. The van der Waals surface area contributed by atoms with E-state index in [1.54, 1.807) is 36.4 Å². The number of aromatic nitrogens is 3. The van der Waals surface area contributed by atoms with Gasteiger partial charge < -0.3 is 9.84 Å². The highest BCUT2D eigenvalue weighted by atomic mass is 16.5. The summed E-state index contributed by atoms with van der Waals surface area (Å²) in [4.78, 5) is 38.4. The lowest BCUT2D eigenvalue weighted by atomic mass is 9.84. The lowest BCUT2D eigenvalue weighted by Gasteiger charge is -2.20. The summed E-state index contributed by atoms with van der Waals surface area (Å²) < 4.78 is 6.95. The summed E-state index contributed by atoms with van der Waals surface area (Å²) in [5, 5.41) is 18.6. The maximum atomic E-state index is 13.2. The van der Waals surface area contributed by atoms with E-state index in [4.69, 9.17) is 4.74 Å². The minimum absolute atomic E-state index is 0.112. The molecule has 184 valence electrons. The zero-order chi connectivity index (χ0) is 24.9. The van der Waals surface area contributed by atoms with Gasteiger partial charge in [-0.1, -0.05) is 36.6 Å². The molecule has 35 heavy (non-hydrogen) atoms. The topological polar surface area (TPSA) is 111 Å². The quantitative estimate of drug-likeness (QED) is 0.343. The van der Waals surface area contributed by atoms with Crippen molar-refractivity contribution in [3.05, 3.63) is 63.9 Å². The average molecular weight is 478 g/mol. The second-order valence-electron chi connectivity index (χ2n) is 9.35. The molecule has 3 atom stereocenters. The van der Waals surface area contributed by atoms with Crippen LogP contribution in [0.15, 0.2) is 47.3 Å². The minimum atomic E-state index is -1.03. The number of Topliss-reactive ketones (excluding diaryl/α,β-unsaturated/α-hetero) is 1. The Kier molecular flexibility index (Phi) is 7.58. The van der Waals surface area contributed by atoms with Gasteiger partial charge in [0.15, 0.2) is 5.78 Å². The SMILES string of the molecule is CCCCCOc1ccc(C(=O)C2CCC(Cn3nnc4ccc(C)cc4c3=O)C2C(=O)O)cc1. The van der Waals surface area contributed by atoms with Crippen molar-refractivity contribution >= 4 is 22.7 Å². The van der Waals surface area contributed by atoms with E-state index < -0.39 is 23.7 Å². The number of nitrogens with zero attached hydrogens (tertiary/aromatic N) is 3. The average Bonchev–Trinajstić information content (AvgIpc) is 3.28. The van der Waals surface area contributed by atoms with E-state index in [0.29, 0.717) is 41.7 Å². The molecule has 8 heteroatoms. The number of aryl methyl sites for hydroxylation is 1. The van der Waals surface area contributed by atoms with Crippen LogP contribution in [0.5, 0.6) is 5.75 Å². The van der Waals surface area contributed by atoms with Gasteiger partial charge in [0, 0.05) is 11.5 Å². The Morgan fingerprint density at radius 1 is 1.11 bits per heavy atom. The number of ketones is 1. The smallest absolute Gasteiger partial charge is 0.307 e. The minimum Gasteiger partial charge on any atom is -0.494 e. The third kappa shape index (κ3) is 5.42. The number of carboxylic acid groups (broad SMARTS) is 1. The number of carbonyl (C=O) groups excluding carboxylic acids is 1. The molecule has 1 aliphatic rings. The molecule has 0 saturated heterocycles. The molecule has 2 aromatic carbocycles. The van der Waals surface area contributed by atoms with Gasteiger partial charge in [-0.05, 0) is 68.5 Å². The van der Waals surface area contributed by atoms with E-state index in [2.05, 4.69) is 17.2 Å². The van der Waals surface area contributed by atoms with Crippen molar-refractivity contribution in [2.24, 2.45) is 17.8 Å². The Morgan fingerprint density at radius 3 is 2.60 bits per heavy atom. The first-order valence-electron chi connectivity index (χ1n) is 12.2. The number of carbonyl (C=O) groups is 2. The highest BCUT2D eigenvalue weighted by molar-refractivity contribution is 6.00. The van der Waals surface area contributed by atoms with Gasteiger partial charge in [0.05, 0.1) is 24.5 Å². The van der Waals surface area contributed by atoms with Crippen LogP contribution in [0.25, 0.3) is 10.9 Å². The second kappa shape index (κ2) is 10.8. The highest BCUT2D eigenvalue weighted by Gasteiger charge is 2.45. The van der Waals surface area contributed by atoms with Crippen molar-refractivity contribution in [1.29, 1.82) is 0 Å². The Bertz CT molecular complexity index is 1270. The largest absolute Gasteiger partial charge is 0.494 e. The van der Waals surface area contributed by atoms with Gasteiger partial charge in [-0.25, -0.2) is 4.68 Å². The van der Waals surface area contributed by atoms with Crippen LogP contribution in [0.2, 0.25) is 0 Å². The van der Waals surface area contributed by atoms with Gasteiger partial charge >= 0.3 is 5.97 Å². The van der Waals surface area contributed by atoms with Crippen molar-refractivity contribution in [1.82, 2.24) is 15.0 Å². The van der Waals surface area contributed by atoms with Gasteiger partial charge in [0.2, 0.25) is 0 Å². The lowest BCUT2D eigenvalue weighted by Crippen LogP contribution is -2.34. The molecule has 1 aromatic heterocycles. The number of ether oxygens (including phenoxy) is 1. The van der Waals surface area contributed by atoms with Crippen molar-refractivity contribution in [3.63, 3.8) is 0 Å². The summed E-state index contributed by atoms with van der Waals surface area (Å²) in [5.41, 5.74) is 1.61. The third-order valence-corrected chi connectivity index (χ3v) is 6.85. The molecule has 0 radical (unpaired) electrons. The maximum absolute atomic E-state index is 13.2. The van der Waals surface area contributed by atoms with E-state index in [1.807, 2.05) is 13.0 Å². The van der Waals surface area contributed by atoms with E-state index in [-0.39, 0.29) is 17.9 Å². The van der Waals surface area contributed by atoms with Crippen LogP contribution in [-0.4, -0.2) is 38.5 Å². The van der Waals surface area contributed by atoms with Gasteiger partial charge in [-0.2, -0.15) is 0 Å². The molecule has 1 aliphatic carbocycles. The van der Waals surface area contributed by atoms with Crippen LogP contribution in [0.4, 0.5) is 0 Å². The summed E-state index contributed by atoms with van der Waals surface area (Å²) in [6, 6.07) is 12.3. The van der Waals surface area contributed by atoms with Crippen LogP contribution in [0.1, 0.15) is 54.9 Å². The molecule has 3 aromatic rings. The summed E-state index contributed by atoms with van der Waals surface area (Å²) in [6.07, 6.45) is 4.17. The van der Waals surface area contributed by atoms with E-state index in [0.717, 1.165) is 24.8 Å². The third-order valence-electron chi connectivity index (χ3n) is 6.85. The van der Waals surface area contributed by atoms with Gasteiger partial charge in [-0.15, -0.1) is 5.10 Å². The van der Waals surface area contributed by atoms with E-state index >= 15 is 0 Å². The zero-order valence-corrected chi connectivity index (χ0v) is 20.1. The Morgan fingerprint density at radius 2 is 1.89 bits per heavy atom. The van der Waals surface area contributed by atoms with Gasteiger partial charge in [0.25, 0.3) is 5.56 Å². The predicted octanol–water partition coefficient (Wildman–Crippen LogP) is 4.28. The molecule has 4 rings (SSSR count). The van der Waals surface area contributed by atoms with Crippen molar-refractivity contribution in [2.45, 2.75) is 52.5 Å². The summed E-state index contributed by atoms with van der Waals surface area (Å²) in [7, 11) is 0. The monoisotopic (exact) mass is 477 g/mol. The number of unbranched alkanes of at least 4 members (excludes halogenated alkanes) is 2. The number of fused-ring (bicyclic) bond motifs is 1. The van der Waals surface area contributed by atoms with Crippen molar-refractivity contribution in [2.75, 3.05) is 6.61 Å². The summed E-state index contributed by atoms with van der Waals surface area (Å²) in [5.74, 6) is -2.46. The molecule has 1 heterocycles. The molecule has 0 aliphatic heterocycles. The molecule has 0 spiro atoms.